The smallest absolute Gasteiger partial charge is 0.253 e. The van der Waals surface area contributed by atoms with Gasteiger partial charge in [0.2, 0.25) is 5.91 Å². The number of amides is 3. The molecule has 3 aromatic rings. The number of nitrogens with one attached hydrogen (secondary N) is 2. The molecule has 3 rings (SSSR count). The summed E-state index contributed by atoms with van der Waals surface area (Å²) in [6.07, 6.45) is 0.335. The third-order valence-corrected chi connectivity index (χ3v) is 4.72. The van der Waals surface area contributed by atoms with E-state index in [0.717, 1.165) is 5.56 Å². The zero-order valence-electron chi connectivity index (χ0n) is 17.5. The second-order valence-electron chi connectivity index (χ2n) is 7.35. The van der Waals surface area contributed by atoms with E-state index in [1.807, 2.05) is 36.4 Å². The Bertz CT molecular complexity index is 1050. The number of hydrogen-bond donors (Lipinski definition) is 2. The summed E-state index contributed by atoms with van der Waals surface area (Å²) in [6, 6.07) is 24.2. The Kier molecular flexibility index (Phi) is 7.17. The molecule has 31 heavy (non-hydrogen) atoms. The van der Waals surface area contributed by atoms with Gasteiger partial charge in [-0.2, -0.15) is 0 Å². The first-order valence-corrected chi connectivity index (χ1v) is 9.96. The third kappa shape index (κ3) is 6.02. The van der Waals surface area contributed by atoms with Gasteiger partial charge in [0.1, 0.15) is 6.04 Å². The largest absolute Gasteiger partial charge is 0.345 e. The Balaban J connectivity index is 1.79. The molecule has 0 radical (unpaired) electrons. The number of carbonyl (C=O) groups is 3. The minimum absolute atomic E-state index is 0.158. The van der Waals surface area contributed by atoms with E-state index in [4.69, 9.17) is 0 Å². The van der Waals surface area contributed by atoms with Gasteiger partial charge in [-0.3, -0.25) is 14.4 Å². The Morgan fingerprint density at radius 1 is 0.806 bits per heavy atom. The fourth-order valence-corrected chi connectivity index (χ4v) is 3.11. The quantitative estimate of drug-likeness (QED) is 0.621. The number of benzene rings is 3. The van der Waals surface area contributed by atoms with Gasteiger partial charge in [0.15, 0.2) is 0 Å². The fourth-order valence-electron chi connectivity index (χ4n) is 3.11. The van der Waals surface area contributed by atoms with Crippen LogP contribution >= 0.6 is 0 Å². The maximum atomic E-state index is 13.1. The highest BCUT2D eigenvalue weighted by molar-refractivity contribution is 6.02. The minimum atomic E-state index is -0.789. The molecule has 6 nitrogen and oxygen atoms in total. The highest BCUT2D eigenvalue weighted by atomic mass is 16.2. The van der Waals surface area contributed by atoms with Crippen LogP contribution in [0.5, 0.6) is 0 Å². The molecule has 0 aliphatic rings. The van der Waals surface area contributed by atoms with Crippen LogP contribution in [0.2, 0.25) is 0 Å². The van der Waals surface area contributed by atoms with Gasteiger partial charge in [-0.1, -0.05) is 54.6 Å². The van der Waals surface area contributed by atoms with Crippen LogP contribution in [0.15, 0.2) is 84.9 Å². The summed E-state index contributed by atoms with van der Waals surface area (Å²) in [6.45, 7) is 0. The maximum Gasteiger partial charge on any atom is 0.253 e. The van der Waals surface area contributed by atoms with Crippen LogP contribution in [-0.4, -0.2) is 42.8 Å². The fraction of sp³-hybridized carbons (Fsp3) is 0.160. The molecule has 0 fully saturated rings. The van der Waals surface area contributed by atoms with Gasteiger partial charge in [-0.25, -0.2) is 0 Å². The first-order valence-electron chi connectivity index (χ1n) is 9.96. The summed E-state index contributed by atoms with van der Waals surface area (Å²) in [5.41, 5.74) is 2.36. The molecule has 1 unspecified atom stereocenters. The zero-order chi connectivity index (χ0) is 22.2. The predicted octanol–water partition coefficient (Wildman–Crippen LogP) is 3.37. The molecule has 0 bridgehead atoms. The van der Waals surface area contributed by atoms with Gasteiger partial charge in [-0.05, 0) is 35.9 Å². The minimum Gasteiger partial charge on any atom is -0.345 e. The van der Waals surface area contributed by atoms with Gasteiger partial charge in [0.05, 0.1) is 0 Å². The van der Waals surface area contributed by atoms with Crippen molar-refractivity contribution >= 4 is 23.4 Å². The molecule has 0 saturated carbocycles. The molecule has 0 heterocycles. The molecule has 0 aromatic heterocycles. The van der Waals surface area contributed by atoms with E-state index in [-0.39, 0.29) is 17.7 Å². The number of carbonyl (C=O) groups excluding carboxylic acids is 3. The summed E-state index contributed by atoms with van der Waals surface area (Å²) in [5, 5.41) is 5.66. The van der Waals surface area contributed by atoms with Gasteiger partial charge in [0.25, 0.3) is 11.8 Å². The van der Waals surface area contributed by atoms with Crippen molar-refractivity contribution in [3.8, 4) is 0 Å². The summed E-state index contributed by atoms with van der Waals surface area (Å²) in [7, 11) is 3.34. The SMILES string of the molecule is CN(C)C(=O)c1cccc(NC(=O)C(Cc2ccccc2)NC(=O)c2ccccc2)c1. The van der Waals surface area contributed by atoms with Gasteiger partial charge < -0.3 is 15.5 Å². The lowest BCUT2D eigenvalue weighted by molar-refractivity contribution is -0.118. The summed E-state index contributed by atoms with van der Waals surface area (Å²) in [4.78, 5) is 39.4. The van der Waals surface area contributed by atoms with Crippen LogP contribution in [0.1, 0.15) is 26.3 Å². The van der Waals surface area contributed by atoms with Crippen molar-refractivity contribution in [1.29, 1.82) is 0 Å². The highest BCUT2D eigenvalue weighted by Crippen LogP contribution is 2.14. The van der Waals surface area contributed by atoms with E-state index in [1.54, 1.807) is 62.6 Å². The Labute approximate surface area is 181 Å². The normalized spacial score (nSPS) is 11.3. The van der Waals surface area contributed by atoms with Crippen molar-refractivity contribution in [3.05, 3.63) is 102 Å². The summed E-state index contributed by atoms with van der Waals surface area (Å²) < 4.78 is 0. The topological polar surface area (TPSA) is 78.5 Å². The molecule has 3 amide bonds. The summed E-state index contributed by atoms with van der Waals surface area (Å²) >= 11 is 0. The Morgan fingerprint density at radius 3 is 2.06 bits per heavy atom. The predicted molar refractivity (Wildman–Crippen MR) is 121 cm³/mol. The first kappa shape index (κ1) is 21.8. The zero-order valence-corrected chi connectivity index (χ0v) is 17.5. The summed E-state index contributed by atoms with van der Waals surface area (Å²) in [5.74, 6) is -0.842. The number of rotatable bonds is 7. The van der Waals surface area contributed by atoms with Gasteiger partial charge in [0, 0.05) is 37.3 Å². The Morgan fingerprint density at radius 2 is 1.42 bits per heavy atom. The lowest BCUT2D eigenvalue weighted by Gasteiger charge is -2.19. The first-order chi connectivity index (χ1) is 14.9. The molecule has 158 valence electrons. The average Bonchev–Trinajstić information content (AvgIpc) is 2.79. The van der Waals surface area contributed by atoms with Crippen molar-refractivity contribution < 1.29 is 14.4 Å². The number of nitrogens with zero attached hydrogens (tertiary/aromatic N) is 1. The van der Waals surface area contributed by atoms with Crippen molar-refractivity contribution in [2.24, 2.45) is 0 Å². The second-order valence-corrected chi connectivity index (χ2v) is 7.35. The number of hydrogen-bond acceptors (Lipinski definition) is 3. The van der Waals surface area contributed by atoms with Crippen LogP contribution in [0.3, 0.4) is 0 Å². The van der Waals surface area contributed by atoms with Crippen molar-refractivity contribution in [2.45, 2.75) is 12.5 Å². The third-order valence-electron chi connectivity index (χ3n) is 4.72. The van der Waals surface area contributed by atoms with Gasteiger partial charge >= 0.3 is 0 Å². The van der Waals surface area contributed by atoms with Crippen LogP contribution in [0.25, 0.3) is 0 Å². The van der Waals surface area contributed by atoms with Crippen LogP contribution in [0.4, 0.5) is 5.69 Å². The lowest BCUT2D eigenvalue weighted by atomic mass is 10.0. The highest BCUT2D eigenvalue weighted by Gasteiger charge is 2.22. The molecule has 0 aliphatic carbocycles. The van der Waals surface area contributed by atoms with E-state index in [1.165, 1.54) is 4.90 Å². The average molecular weight is 415 g/mol. The maximum absolute atomic E-state index is 13.1. The van der Waals surface area contributed by atoms with Crippen LogP contribution in [-0.2, 0) is 11.2 Å². The Hall–Kier alpha value is -3.93. The lowest BCUT2D eigenvalue weighted by Crippen LogP contribution is -2.45. The molecule has 1 atom stereocenters. The van der Waals surface area contributed by atoms with Crippen LogP contribution in [0, 0.1) is 0 Å². The van der Waals surface area contributed by atoms with Crippen molar-refractivity contribution in [3.63, 3.8) is 0 Å². The molecule has 0 aliphatic heterocycles. The van der Waals surface area contributed by atoms with E-state index in [0.29, 0.717) is 23.2 Å². The van der Waals surface area contributed by atoms with Gasteiger partial charge in [-0.15, -0.1) is 0 Å². The molecular weight excluding hydrogens is 390 g/mol. The van der Waals surface area contributed by atoms with E-state index in [9.17, 15) is 14.4 Å². The number of anilines is 1. The van der Waals surface area contributed by atoms with E-state index < -0.39 is 6.04 Å². The monoisotopic (exact) mass is 415 g/mol. The van der Waals surface area contributed by atoms with E-state index >= 15 is 0 Å². The van der Waals surface area contributed by atoms with Crippen molar-refractivity contribution in [2.75, 3.05) is 19.4 Å². The van der Waals surface area contributed by atoms with E-state index in [2.05, 4.69) is 10.6 Å². The molecule has 2 N–H and O–H groups in total. The molecule has 0 saturated heterocycles. The van der Waals surface area contributed by atoms with Crippen LogP contribution < -0.4 is 10.6 Å². The van der Waals surface area contributed by atoms with Crippen molar-refractivity contribution in [1.82, 2.24) is 10.2 Å². The second kappa shape index (κ2) is 10.2. The molecular formula is C25H25N3O3. The molecule has 3 aromatic carbocycles. The molecule has 6 heteroatoms. The molecule has 0 spiro atoms. The standard InChI is InChI=1S/C25H25N3O3/c1-28(2)25(31)20-14-9-15-21(17-20)26-24(30)22(16-18-10-5-3-6-11-18)27-23(29)19-12-7-4-8-13-19/h3-15,17,22H,16H2,1-2H3,(H,26,30)(H,27,29).